The fourth-order valence-corrected chi connectivity index (χ4v) is 2.23. The smallest absolute Gasteiger partial charge is 0.153 e. The number of nitrogen functional groups attached to an aromatic ring is 1. The molecule has 0 aliphatic heterocycles. The number of hydrogen-bond acceptors (Lipinski definition) is 3. The van der Waals surface area contributed by atoms with Crippen LogP contribution in [0.4, 0.5) is 10.1 Å². The van der Waals surface area contributed by atoms with Crippen LogP contribution in [0.5, 0.6) is 11.5 Å². The van der Waals surface area contributed by atoms with Crippen molar-refractivity contribution >= 4 is 32.5 Å². The van der Waals surface area contributed by atoms with Gasteiger partial charge in [-0.3, -0.25) is 4.98 Å². The van der Waals surface area contributed by atoms with Gasteiger partial charge in [0, 0.05) is 23.7 Å². The van der Waals surface area contributed by atoms with Gasteiger partial charge in [-0.2, -0.15) is 0 Å². The molecule has 3 nitrogen and oxygen atoms in total. The van der Waals surface area contributed by atoms with E-state index >= 15 is 0 Å². The minimum Gasteiger partial charge on any atom is -0.455 e. The number of fused-ring (bicyclic) bond motifs is 1. The first kappa shape index (κ1) is 12.9. The average molecular weight is 333 g/mol. The number of ether oxygens (including phenoxy) is 1. The number of nitrogens with zero attached hydrogens (tertiary/aromatic N) is 1. The largest absolute Gasteiger partial charge is 0.455 e. The molecule has 1 heterocycles. The van der Waals surface area contributed by atoms with Crippen LogP contribution in [-0.4, -0.2) is 4.98 Å². The molecule has 0 atom stereocenters. The molecule has 0 bridgehead atoms. The van der Waals surface area contributed by atoms with Gasteiger partial charge in [0.05, 0.1) is 15.7 Å². The molecule has 3 aromatic rings. The molecule has 100 valence electrons. The van der Waals surface area contributed by atoms with Crippen molar-refractivity contribution < 1.29 is 9.13 Å². The minimum absolute atomic E-state index is 0.279. The minimum atomic E-state index is -0.423. The predicted octanol–water partition coefficient (Wildman–Crippen LogP) is 4.51. The van der Waals surface area contributed by atoms with Crippen LogP contribution in [0.15, 0.2) is 53.1 Å². The van der Waals surface area contributed by atoms with Crippen LogP contribution in [0, 0.1) is 5.82 Å². The molecule has 2 aromatic carbocycles. The number of rotatable bonds is 2. The number of halogens is 2. The van der Waals surface area contributed by atoms with Gasteiger partial charge in [-0.25, -0.2) is 4.39 Å². The second-order valence-corrected chi connectivity index (χ2v) is 5.12. The van der Waals surface area contributed by atoms with Crippen molar-refractivity contribution in [1.82, 2.24) is 4.98 Å². The summed E-state index contributed by atoms with van der Waals surface area (Å²) >= 11 is 3.08. The van der Waals surface area contributed by atoms with Crippen LogP contribution in [0.3, 0.4) is 0 Å². The van der Waals surface area contributed by atoms with Gasteiger partial charge < -0.3 is 10.5 Å². The van der Waals surface area contributed by atoms with Gasteiger partial charge in [-0.1, -0.05) is 6.07 Å². The fraction of sp³-hybridized carbons (Fsp3) is 0. The van der Waals surface area contributed by atoms with E-state index in [4.69, 9.17) is 10.5 Å². The summed E-state index contributed by atoms with van der Waals surface area (Å²) in [6, 6.07) is 12.0. The van der Waals surface area contributed by atoms with E-state index in [2.05, 4.69) is 20.9 Å². The zero-order chi connectivity index (χ0) is 14.1. The summed E-state index contributed by atoms with van der Waals surface area (Å²) in [5.41, 5.74) is 6.98. The lowest BCUT2D eigenvalue weighted by Gasteiger charge is -2.10. The molecule has 0 saturated heterocycles. The Hall–Kier alpha value is -2.14. The van der Waals surface area contributed by atoms with Gasteiger partial charge in [0.1, 0.15) is 11.6 Å². The Bertz CT molecular complexity index is 792. The Morgan fingerprint density at radius 3 is 2.85 bits per heavy atom. The molecular weight excluding hydrogens is 323 g/mol. The third-order valence-electron chi connectivity index (χ3n) is 2.86. The Kier molecular flexibility index (Phi) is 3.28. The van der Waals surface area contributed by atoms with E-state index in [-0.39, 0.29) is 5.75 Å². The number of pyridine rings is 1. The normalized spacial score (nSPS) is 10.7. The molecule has 0 unspecified atom stereocenters. The van der Waals surface area contributed by atoms with Crippen LogP contribution in [0.2, 0.25) is 0 Å². The molecule has 20 heavy (non-hydrogen) atoms. The molecule has 0 aliphatic rings. The highest BCUT2D eigenvalue weighted by atomic mass is 79.9. The summed E-state index contributed by atoms with van der Waals surface area (Å²) < 4.78 is 19.5. The van der Waals surface area contributed by atoms with Gasteiger partial charge in [0.15, 0.2) is 5.75 Å². The van der Waals surface area contributed by atoms with Gasteiger partial charge in [0.2, 0.25) is 0 Å². The maximum atomic E-state index is 13.5. The van der Waals surface area contributed by atoms with Gasteiger partial charge in [0.25, 0.3) is 0 Å². The monoisotopic (exact) mass is 332 g/mol. The number of hydrogen-bond donors (Lipinski definition) is 1. The zero-order valence-corrected chi connectivity index (χ0v) is 11.9. The predicted molar refractivity (Wildman–Crippen MR) is 80.3 cm³/mol. The molecule has 0 spiro atoms. The van der Waals surface area contributed by atoms with Crippen molar-refractivity contribution in [2.75, 3.05) is 5.73 Å². The van der Waals surface area contributed by atoms with Gasteiger partial charge in [-0.05, 0) is 40.2 Å². The lowest BCUT2D eigenvalue weighted by molar-refractivity contribution is 0.479. The zero-order valence-electron chi connectivity index (χ0n) is 10.3. The summed E-state index contributed by atoms with van der Waals surface area (Å²) in [5, 5.41) is 1.01. The third-order valence-corrected chi connectivity index (χ3v) is 3.47. The summed E-state index contributed by atoms with van der Waals surface area (Å²) in [4.78, 5) is 4.24. The van der Waals surface area contributed by atoms with Crippen molar-refractivity contribution in [3.8, 4) is 11.5 Å². The molecule has 5 heteroatoms. The molecule has 2 N–H and O–H groups in total. The number of aromatic nitrogens is 1. The standard InChI is InChI=1S/C15H10BrFN2O/c16-11-7-13(18)15(8-12(11)17)20-10-4-3-9-2-1-5-19-14(9)6-10/h1-8H,18H2. The average Bonchev–Trinajstić information content (AvgIpc) is 2.44. The molecule has 0 amide bonds. The van der Waals surface area contributed by atoms with Crippen LogP contribution in [0.1, 0.15) is 0 Å². The van der Waals surface area contributed by atoms with Gasteiger partial charge >= 0.3 is 0 Å². The van der Waals surface area contributed by atoms with Crippen molar-refractivity contribution in [3.63, 3.8) is 0 Å². The van der Waals surface area contributed by atoms with E-state index in [9.17, 15) is 4.39 Å². The van der Waals surface area contributed by atoms with E-state index in [1.165, 1.54) is 12.1 Å². The highest BCUT2D eigenvalue weighted by Gasteiger charge is 2.08. The highest BCUT2D eigenvalue weighted by molar-refractivity contribution is 9.10. The van der Waals surface area contributed by atoms with Gasteiger partial charge in [-0.15, -0.1) is 0 Å². The van der Waals surface area contributed by atoms with Crippen LogP contribution < -0.4 is 10.5 Å². The topological polar surface area (TPSA) is 48.1 Å². The second kappa shape index (κ2) is 5.09. The fourth-order valence-electron chi connectivity index (χ4n) is 1.87. The van der Waals surface area contributed by atoms with Crippen molar-refractivity contribution in [2.24, 2.45) is 0 Å². The summed E-state index contributed by atoms with van der Waals surface area (Å²) in [6.45, 7) is 0. The third kappa shape index (κ3) is 2.44. The molecule has 0 radical (unpaired) electrons. The quantitative estimate of drug-likeness (QED) is 0.702. The molecule has 1 aromatic heterocycles. The summed E-state index contributed by atoms with van der Waals surface area (Å²) in [5.74, 6) is 0.415. The molecule has 0 aliphatic carbocycles. The van der Waals surface area contributed by atoms with E-state index in [0.717, 1.165) is 10.9 Å². The molecule has 0 saturated carbocycles. The van der Waals surface area contributed by atoms with Crippen LogP contribution in [0.25, 0.3) is 10.9 Å². The lowest BCUT2D eigenvalue weighted by atomic mass is 10.2. The van der Waals surface area contributed by atoms with E-state index in [1.807, 2.05) is 18.2 Å². The summed E-state index contributed by atoms with van der Waals surface area (Å²) in [7, 11) is 0. The van der Waals surface area contributed by atoms with Crippen molar-refractivity contribution in [2.45, 2.75) is 0 Å². The second-order valence-electron chi connectivity index (χ2n) is 4.26. The maximum absolute atomic E-state index is 13.5. The Morgan fingerprint density at radius 1 is 1.15 bits per heavy atom. The van der Waals surface area contributed by atoms with Crippen LogP contribution >= 0.6 is 15.9 Å². The van der Waals surface area contributed by atoms with E-state index in [0.29, 0.717) is 15.9 Å². The van der Waals surface area contributed by atoms with E-state index in [1.54, 1.807) is 18.3 Å². The highest BCUT2D eigenvalue weighted by Crippen LogP contribution is 2.32. The number of anilines is 1. The van der Waals surface area contributed by atoms with Crippen molar-refractivity contribution in [3.05, 3.63) is 59.0 Å². The SMILES string of the molecule is Nc1cc(Br)c(F)cc1Oc1ccc2cccnc2c1. The number of nitrogens with two attached hydrogens (primary N) is 1. The Morgan fingerprint density at radius 2 is 2.00 bits per heavy atom. The van der Waals surface area contributed by atoms with Crippen LogP contribution in [-0.2, 0) is 0 Å². The van der Waals surface area contributed by atoms with Crippen molar-refractivity contribution in [1.29, 1.82) is 0 Å². The molecule has 0 fully saturated rings. The summed E-state index contributed by atoms with van der Waals surface area (Å²) in [6.07, 6.45) is 1.71. The first-order chi connectivity index (χ1) is 9.63. The molecule has 3 rings (SSSR count). The maximum Gasteiger partial charge on any atom is 0.153 e. The van der Waals surface area contributed by atoms with E-state index < -0.39 is 5.82 Å². The molecular formula is C15H10BrFN2O. The Balaban J connectivity index is 1.99. The Labute approximate surface area is 123 Å². The number of benzene rings is 2. The first-order valence-corrected chi connectivity index (χ1v) is 6.70. The first-order valence-electron chi connectivity index (χ1n) is 5.90. The lowest BCUT2D eigenvalue weighted by Crippen LogP contribution is -1.94.